The van der Waals surface area contributed by atoms with E-state index < -0.39 is 0 Å². The molecule has 0 amide bonds. The van der Waals surface area contributed by atoms with Crippen LogP contribution in [0, 0.1) is 0 Å². The highest BCUT2D eigenvalue weighted by Gasteiger charge is 2.18. The molecule has 1 heterocycles. The van der Waals surface area contributed by atoms with E-state index in [1.165, 1.54) is 29.7 Å². The fraction of sp³-hybridized carbons (Fsp3) is 0.538. The topological polar surface area (TPSA) is 21.3 Å². The van der Waals surface area contributed by atoms with E-state index in [4.69, 9.17) is 4.74 Å². The zero-order valence-electron chi connectivity index (χ0n) is 9.76. The molecule has 82 valence electrons. The highest BCUT2D eigenvalue weighted by atomic mass is 16.5. The number of methoxy groups -OCH3 is 1. The molecule has 1 N–H and O–H groups in total. The van der Waals surface area contributed by atoms with Crippen molar-refractivity contribution in [2.24, 2.45) is 0 Å². The van der Waals surface area contributed by atoms with Gasteiger partial charge in [-0.3, -0.25) is 0 Å². The van der Waals surface area contributed by atoms with E-state index in [-0.39, 0.29) is 0 Å². The minimum atomic E-state index is 0.588. The second kappa shape index (κ2) is 4.13. The lowest BCUT2D eigenvalue weighted by molar-refractivity contribution is 0.415. The number of nitrogens with one attached hydrogen (secondary N) is 1. The number of rotatable bonds is 2. The van der Waals surface area contributed by atoms with Crippen molar-refractivity contribution >= 4 is 5.69 Å². The number of anilines is 1. The number of ether oxygens (including phenoxy) is 1. The smallest absolute Gasteiger partial charge is 0.142 e. The van der Waals surface area contributed by atoms with E-state index in [1.54, 1.807) is 7.11 Å². The number of benzene rings is 1. The lowest BCUT2D eigenvalue weighted by Gasteiger charge is -2.24. The summed E-state index contributed by atoms with van der Waals surface area (Å²) in [5.41, 5.74) is 4.13. The maximum absolute atomic E-state index is 5.38. The third-order valence-electron chi connectivity index (χ3n) is 3.06. The highest BCUT2D eigenvalue weighted by molar-refractivity contribution is 5.66. The van der Waals surface area contributed by atoms with Crippen molar-refractivity contribution < 1.29 is 4.74 Å². The van der Waals surface area contributed by atoms with Crippen LogP contribution in [0.25, 0.3) is 0 Å². The molecule has 0 bridgehead atoms. The van der Waals surface area contributed by atoms with Crippen LogP contribution in [-0.4, -0.2) is 13.7 Å². The summed E-state index contributed by atoms with van der Waals surface area (Å²) in [5, 5.41) is 3.45. The van der Waals surface area contributed by atoms with Crippen LogP contribution >= 0.6 is 0 Å². The Bertz CT molecular complexity index is 358. The molecule has 0 aromatic heterocycles. The minimum Gasteiger partial charge on any atom is -0.495 e. The Hall–Kier alpha value is -1.18. The minimum absolute atomic E-state index is 0.588. The van der Waals surface area contributed by atoms with Crippen LogP contribution in [0.3, 0.4) is 0 Å². The summed E-state index contributed by atoms with van der Waals surface area (Å²) in [7, 11) is 1.74. The summed E-state index contributed by atoms with van der Waals surface area (Å²) in [4.78, 5) is 0. The molecule has 1 aromatic rings. The normalized spacial score (nSPS) is 14.7. The Kier molecular flexibility index (Phi) is 2.85. The third kappa shape index (κ3) is 1.81. The van der Waals surface area contributed by atoms with Crippen molar-refractivity contribution in [1.29, 1.82) is 0 Å². The lowest BCUT2D eigenvalue weighted by Crippen LogP contribution is -2.15. The molecule has 0 unspecified atom stereocenters. The largest absolute Gasteiger partial charge is 0.495 e. The van der Waals surface area contributed by atoms with Crippen molar-refractivity contribution in [2.75, 3.05) is 19.0 Å². The summed E-state index contributed by atoms with van der Waals surface area (Å²) in [6, 6.07) is 4.28. The van der Waals surface area contributed by atoms with Gasteiger partial charge in [0.25, 0.3) is 0 Å². The Morgan fingerprint density at radius 2 is 2.13 bits per heavy atom. The molecule has 0 fully saturated rings. The Morgan fingerprint density at radius 3 is 2.80 bits per heavy atom. The molecule has 1 aliphatic heterocycles. The van der Waals surface area contributed by atoms with Crippen LogP contribution in [0.2, 0.25) is 0 Å². The second-order valence-corrected chi connectivity index (χ2v) is 4.40. The number of hydrogen-bond donors (Lipinski definition) is 1. The highest BCUT2D eigenvalue weighted by Crippen LogP contribution is 2.37. The standard InChI is InChI=1S/C13H19NO/c1-9(2)10-6-7-12(15-3)13-11(10)5-4-8-14-13/h6-7,9,14H,4-5,8H2,1-3H3. The molecule has 2 heteroatoms. The third-order valence-corrected chi connectivity index (χ3v) is 3.06. The molecule has 0 saturated heterocycles. The van der Waals surface area contributed by atoms with Gasteiger partial charge in [-0.25, -0.2) is 0 Å². The summed E-state index contributed by atoms with van der Waals surface area (Å²) < 4.78 is 5.38. The van der Waals surface area contributed by atoms with Gasteiger partial charge in [-0.15, -0.1) is 0 Å². The first-order valence-electron chi connectivity index (χ1n) is 5.67. The van der Waals surface area contributed by atoms with Gasteiger partial charge in [-0.1, -0.05) is 19.9 Å². The maximum Gasteiger partial charge on any atom is 0.142 e. The quantitative estimate of drug-likeness (QED) is 0.800. The Labute approximate surface area is 91.6 Å². The molecule has 0 aliphatic carbocycles. The molecule has 0 spiro atoms. The Balaban J connectivity index is 2.52. The summed E-state index contributed by atoms with van der Waals surface area (Å²) in [5.74, 6) is 1.57. The van der Waals surface area contributed by atoms with E-state index in [2.05, 4.69) is 31.3 Å². The van der Waals surface area contributed by atoms with Crippen LogP contribution in [-0.2, 0) is 6.42 Å². The van der Waals surface area contributed by atoms with Gasteiger partial charge in [0, 0.05) is 6.54 Å². The average Bonchev–Trinajstić information content (AvgIpc) is 2.27. The van der Waals surface area contributed by atoms with Crippen LogP contribution in [0.4, 0.5) is 5.69 Å². The zero-order valence-corrected chi connectivity index (χ0v) is 9.76. The fourth-order valence-corrected chi connectivity index (χ4v) is 2.30. The average molecular weight is 205 g/mol. The lowest BCUT2D eigenvalue weighted by atomic mass is 9.91. The molecular weight excluding hydrogens is 186 g/mol. The predicted molar refractivity (Wildman–Crippen MR) is 63.9 cm³/mol. The van der Waals surface area contributed by atoms with Gasteiger partial charge in [-0.2, -0.15) is 0 Å². The van der Waals surface area contributed by atoms with Crippen LogP contribution < -0.4 is 10.1 Å². The molecule has 0 saturated carbocycles. The van der Waals surface area contributed by atoms with Crippen molar-refractivity contribution in [3.8, 4) is 5.75 Å². The first kappa shape index (κ1) is 10.3. The van der Waals surface area contributed by atoms with Gasteiger partial charge < -0.3 is 10.1 Å². The van der Waals surface area contributed by atoms with E-state index in [9.17, 15) is 0 Å². The van der Waals surface area contributed by atoms with Gasteiger partial charge >= 0.3 is 0 Å². The van der Waals surface area contributed by atoms with E-state index >= 15 is 0 Å². The molecule has 1 aromatic carbocycles. The van der Waals surface area contributed by atoms with Crippen LogP contribution in [0.5, 0.6) is 5.75 Å². The molecule has 15 heavy (non-hydrogen) atoms. The van der Waals surface area contributed by atoms with Gasteiger partial charge in [0.05, 0.1) is 12.8 Å². The maximum atomic E-state index is 5.38. The van der Waals surface area contributed by atoms with Crippen LogP contribution in [0.1, 0.15) is 37.3 Å². The SMILES string of the molecule is COc1ccc(C(C)C)c2c1NCCC2. The van der Waals surface area contributed by atoms with Gasteiger partial charge in [0.1, 0.15) is 5.75 Å². The zero-order chi connectivity index (χ0) is 10.8. The number of fused-ring (bicyclic) bond motifs is 1. The van der Waals surface area contributed by atoms with Crippen LogP contribution in [0.15, 0.2) is 12.1 Å². The Morgan fingerprint density at radius 1 is 1.33 bits per heavy atom. The van der Waals surface area contributed by atoms with Crippen molar-refractivity contribution in [3.63, 3.8) is 0 Å². The van der Waals surface area contributed by atoms with Gasteiger partial charge in [0.15, 0.2) is 0 Å². The van der Waals surface area contributed by atoms with Crippen molar-refractivity contribution in [1.82, 2.24) is 0 Å². The molecular formula is C13H19NO. The monoisotopic (exact) mass is 205 g/mol. The summed E-state index contributed by atoms with van der Waals surface area (Å²) in [6.07, 6.45) is 2.40. The first-order chi connectivity index (χ1) is 7.24. The first-order valence-corrected chi connectivity index (χ1v) is 5.67. The molecule has 0 radical (unpaired) electrons. The van der Waals surface area contributed by atoms with E-state index in [0.717, 1.165) is 12.3 Å². The molecule has 0 atom stereocenters. The van der Waals surface area contributed by atoms with Gasteiger partial charge in [-0.05, 0) is 36.0 Å². The molecule has 2 rings (SSSR count). The summed E-state index contributed by atoms with van der Waals surface area (Å²) >= 11 is 0. The number of hydrogen-bond acceptors (Lipinski definition) is 2. The predicted octanol–water partition coefficient (Wildman–Crippen LogP) is 3.18. The second-order valence-electron chi connectivity index (χ2n) is 4.40. The van der Waals surface area contributed by atoms with E-state index in [1.807, 2.05) is 0 Å². The summed E-state index contributed by atoms with van der Waals surface area (Å²) in [6.45, 7) is 5.55. The van der Waals surface area contributed by atoms with Gasteiger partial charge in [0.2, 0.25) is 0 Å². The van der Waals surface area contributed by atoms with E-state index in [0.29, 0.717) is 5.92 Å². The molecule has 1 aliphatic rings. The fourth-order valence-electron chi connectivity index (χ4n) is 2.30. The van der Waals surface area contributed by atoms with Crippen molar-refractivity contribution in [3.05, 3.63) is 23.3 Å². The van der Waals surface area contributed by atoms with Crippen molar-refractivity contribution in [2.45, 2.75) is 32.6 Å². The molecule has 2 nitrogen and oxygen atoms in total.